The van der Waals surface area contributed by atoms with E-state index in [9.17, 15) is 9.90 Å². The van der Waals surface area contributed by atoms with Crippen molar-refractivity contribution in [3.8, 4) is 5.69 Å². The highest BCUT2D eigenvalue weighted by molar-refractivity contribution is 5.94. The van der Waals surface area contributed by atoms with E-state index in [1.54, 1.807) is 12.5 Å². The van der Waals surface area contributed by atoms with Crippen LogP contribution in [0.3, 0.4) is 0 Å². The number of carbonyl (C=O) groups is 1. The van der Waals surface area contributed by atoms with E-state index in [1.807, 2.05) is 58.1 Å². The summed E-state index contributed by atoms with van der Waals surface area (Å²) >= 11 is 0. The van der Waals surface area contributed by atoms with Crippen LogP contribution in [0.1, 0.15) is 35.2 Å². The monoisotopic (exact) mass is 389 g/mol. The number of likely N-dealkylation sites (tertiary alicyclic amines) is 1. The average Bonchev–Trinajstić information content (AvgIpc) is 3.33. The van der Waals surface area contributed by atoms with Gasteiger partial charge in [-0.3, -0.25) is 4.79 Å². The van der Waals surface area contributed by atoms with Crippen molar-refractivity contribution in [3.63, 3.8) is 0 Å². The summed E-state index contributed by atoms with van der Waals surface area (Å²) in [6.45, 7) is 1.41. The van der Waals surface area contributed by atoms with Crippen molar-refractivity contribution in [2.75, 3.05) is 13.1 Å². The van der Waals surface area contributed by atoms with E-state index in [4.69, 9.17) is 0 Å². The van der Waals surface area contributed by atoms with Crippen molar-refractivity contribution >= 4 is 5.91 Å². The maximum Gasteiger partial charge on any atom is 0.253 e. The molecule has 1 aromatic heterocycles. The lowest BCUT2D eigenvalue weighted by Gasteiger charge is -2.34. The van der Waals surface area contributed by atoms with Crippen molar-refractivity contribution in [1.82, 2.24) is 14.5 Å². The predicted molar refractivity (Wildman–Crippen MR) is 113 cm³/mol. The summed E-state index contributed by atoms with van der Waals surface area (Å²) in [6.07, 6.45) is 8.43. The van der Waals surface area contributed by atoms with Crippen LogP contribution < -0.4 is 0 Å². The quantitative estimate of drug-likeness (QED) is 0.699. The second kappa shape index (κ2) is 9.05. The third-order valence-corrected chi connectivity index (χ3v) is 5.86. The van der Waals surface area contributed by atoms with E-state index in [0.717, 1.165) is 31.4 Å². The smallest absolute Gasteiger partial charge is 0.253 e. The molecular weight excluding hydrogens is 362 g/mol. The summed E-state index contributed by atoms with van der Waals surface area (Å²) in [5.41, 5.74) is 2.95. The number of benzene rings is 2. The number of aliphatic hydroxyl groups excluding tert-OH is 1. The Morgan fingerprint density at radius 3 is 2.45 bits per heavy atom. The van der Waals surface area contributed by atoms with Crippen molar-refractivity contribution in [1.29, 1.82) is 0 Å². The molecule has 1 fully saturated rings. The van der Waals surface area contributed by atoms with Gasteiger partial charge in [0.2, 0.25) is 0 Å². The zero-order chi connectivity index (χ0) is 20.1. The predicted octanol–water partition coefficient (Wildman–Crippen LogP) is 3.72. The topological polar surface area (TPSA) is 58.4 Å². The number of nitrogens with zero attached hydrogens (tertiary/aromatic N) is 3. The van der Waals surface area contributed by atoms with Gasteiger partial charge in [0, 0.05) is 36.7 Å². The molecule has 1 aliphatic rings. The van der Waals surface area contributed by atoms with Crippen LogP contribution in [0.25, 0.3) is 5.69 Å². The van der Waals surface area contributed by atoms with E-state index in [0.29, 0.717) is 18.7 Å². The Balaban J connectivity index is 1.28. The molecule has 0 bridgehead atoms. The van der Waals surface area contributed by atoms with Gasteiger partial charge in [-0.25, -0.2) is 4.98 Å². The Labute approximate surface area is 171 Å². The molecule has 1 atom stereocenters. The molecule has 2 heterocycles. The fourth-order valence-corrected chi connectivity index (χ4v) is 4.05. The summed E-state index contributed by atoms with van der Waals surface area (Å²) in [6, 6.07) is 17.9. The highest BCUT2D eigenvalue weighted by Crippen LogP contribution is 2.25. The van der Waals surface area contributed by atoms with Gasteiger partial charge in [0.05, 0.1) is 12.4 Å². The minimum atomic E-state index is -0.304. The number of aryl methyl sites for hydroxylation is 1. The third kappa shape index (κ3) is 4.74. The molecule has 1 saturated heterocycles. The van der Waals surface area contributed by atoms with Crippen LogP contribution in [0.15, 0.2) is 73.3 Å². The minimum absolute atomic E-state index is 0.0689. The lowest BCUT2D eigenvalue weighted by Crippen LogP contribution is -2.41. The normalized spacial score (nSPS) is 16.0. The summed E-state index contributed by atoms with van der Waals surface area (Å²) in [5.74, 6) is 0.339. The summed E-state index contributed by atoms with van der Waals surface area (Å²) in [4.78, 5) is 18.8. The second-order valence-electron chi connectivity index (χ2n) is 7.74. The SMILES string of the molecule is O=C(c1ccc(-n2ccnc2)cc1)N1CCC([C@@H](O)CCc2ccccc2)CC1. The van der Waals surface area contributed by atoms with Gasteiger partial charge in [-0.05, 0) is 61.4 Å². The maximum absolute atomic E-state index is 12.8. The van der Waals surface area contributed by atoms with Crippen molar-refractivity contribution in [2.24, 2.45) is 5.92 Å². The Bertz CT molecular complexity index is 899. The molecule has 0 radical (unpaired) electrons. The molecule has 0 aliphatic carbocycles. The molecule has 5 nitrogen and oxygen atoms in total. The number of hydrogen-bond donors (Lipinski definition) is 1. The van der Waals surface area contributed by atoms with Gasteiger partial charge in [-0.1, -0.05) is 30.3 Å². The lowest BCUT2D eigenvalue weighted by atomic mass is 9.88. The van der Waals surface area contributed by atoms with Gasteiger partial charge in [0.1, 0.15) is 0 Å². The highest BCUT2D eigenvalue weighted by atomic mass is 16.3. The number of hydrogen-bond acceptors (Lipinski definition) is 3. The third-order valence-electron chi connectivity index (χ3n) is 5.86. The van der Waals surface area contributed by atoms with Crippen LogP contribution in [-0.2, 0) is 6.42 Å². The largest absolute Gasteiger partial charge is 0.393 e. The van der Waals surface area contributed by atoms with Gasteiger partial charge in [0.25, 0.3) is 5.91 Å². The van der Waals surface area contributed by atoms with E-state index >= 15 is 0 Å². The summed E-state index contributed by atoms with van der Waals surface area (Å²) in [5, 5.41) is 10.6. The van der Waals surface area contributed by atoms with E-state index in [-0.39, 0.29) is 17.9 Å². The number of piperidine rings is 1. The van der Waals surface area contributed by atoms with Crippen LogP contribution in [-0.4, -0.2) is 44.7 Å². The van der Waals surface area contributed by atoms with Gasteiger partial charge >= 0.3 is 0 Å². The van der Waals surface area contributed by atoms with E-state index < -0.39 is 0 Å². The van der Waals surface area contributed by atoms with Gasteiger partial charge < -0.3 is 14.6 Å². The number of aliphatic hydroxyl groups is 1. The molecule has 1 amide bonds. The number of amides is 1. The highest BCUT2D eigenvalue weighted by Gasteiger charge is 2.27. The van der Waals surface area contributed by atoms with E-state index in [2.05, 4.69) is 17.1 Å². The summed E-state index contributed by atoms with van der Waals surface area (Å²) in [7, 11) is 0. The first-order valence-corrected chi connectivity index (χ1v) is 10.3. The van der Waals surface area contributed by atoms with Crippen molar-refractivity contribution < 1.29 is 9.90 Å². The fourth-order valence-electron chi connectivity index (χ4n) is 4.05. The molecule has 4 rings (SSSR count). The fraction of sp³-hybridized carbons (Fsp3) is 0.333. The number of aromatic nitrogens is 2. The molecule has 29 heavy (non-hydrogen) atoms. The minimum Gasteiger partial charge on any atom is -0.393 e. The van der Waals surface area contributed by atoms with Gasteiger partial charge in [-0.15, -0.1) is 0 Å². The molecule has 150 valence electrons. The average molecular weight is 389 g/mol. The lowest BCUT2D eigenvalue weighted by molar-refractivity contribution is 0.0437. The molecule has 1 aliphatic heterocycles. The molecule has 0 unspecified atom stereocenters. The zero-order valence-corrected chi connectivity index (χ0v) is 16.5. The first-order chi connectivity index (χ1) is 14.2. The molecule has 1 N–H and O–H groups in total. The van der Waals surface area contributed by atoms with E-state index in [1.165, 1.54) is 5.56 Å². The Kier molecular flexibility index (Phi) is 6.06. The zero-order valence-electron chi connectivity index (χ0n) is 16.5. The van der Waals surface area contributed by atoms with Crippen molar-refractivity contribution in [3.05, 3.63) is 84.4 Å². The van der Waals surface area contributed by atoms with Crippen LogP contribution >= 0.6 is 0 Å². The first kappa shape index (κ1) is 19.4. The molecule has 2 aromatic carbocycles. The molecule has 3 aromatic rings. The standard InChI is InChI=1S/C24H27N3O2/c28-23(11-6-19-4-2-1-3-5-19)20-12-15-26(16-13-20)24(29)21-7-9-22(10-8-21)27-17-14-25-18-27/h1-5,7-10,14,17-18,20,23,28H,6,11-13,15-16H2/t23-/m0/s1. The number of imidazole rings is 1. The molecule has 0 saturated carbocycles. The van der Waals surface area contributed by atoms with Crippen molar-refractivity contribution in [2.45, 2.75) is 31.8 Å². The Morgan fingerprint density at radius 2 is 1.79 bits per heavy atom. The number of rotatable bonds is 6. The first-order valence-electron chi connectivity index (χ1n) is 10.3. The number of carbonyl (C=O) groups excluding carboxylic acids is 1. The Hall–Kier alpha value is -2.92. The molecule has 5 heteroatoms. The molecular formula is C24H27N3O2. The maximum atomic E-state index is 12.8. The van der Waals surface area contributed by atoms with Crippen LogP contribution in [0, 0.1) is 5.92 Å². The second-order valence-corrected chi connectivity index (χ2v) is 7.74. The molecule has 0 spiro atoms. The van der Waals surface area contributed by atoms with Gasteiger partial charge in [0.15, 0.2) is 0 Å². The Morgan fingerprint density at radius 1 is 1.07 bits per heavy atom. The van der Waals surface area contributed by atoms with Gasteiger partial charge in [-0.2, -0.15) is 0 Å². The van der Waals surface area contributed by atoms with Crippen LogP contribution in [0.4, 0.5) is 0 Å². The van der Waals surface area contributed by atoms with Crippen LogP contribution in [0.2, 0.25) is 0 Å². The van der Waals surface area contributed by atoms with Crippen LogP contribution in [0.5, 0.6) is 0 Å². The summed E-state index contributed by atoms with van der Waals surface area (Å²) < 4.78 is 1.91.